The van der Waals surface area contributed by atoms with Crippen LogP contribution < -0.4 is 5.32 Å². The Morgan fingerprint density at radius 3 is 2.52 bits per heavy atom. The van der Waals surface area contributed by atoms with Crippen molar-refractivity contribution in [3.8, 4) is 0 Å². The van der Waals surface area contributed by atoms with Crippen molar-refractivity contribution in [2.75, 3.05) is 5.32 Å². The zero-order chi connectivity index (χ0) is 14.7. The lowest BCUT2D eigenvalue weighted by atomic mass is 10.2. The van der Waals surface area contributed by atoms with Gasteiger partial charge in [-0.05, 0) is 20.8 Å². The van der Waals surface area contributed by atoms with Crippen molar-refractivity contribution in [3.05, 3.63) is 29.8 Å². The van der Waals surface area contributed by atoms with E-state index in [-0.39, 0.29) is 19.0 Å². The molecule has 0 aliphatic heterocycles. The van der Waals surface area contributed by atoms with Crippen LogP contribution in [0.3, 0.4) is 0 Å². The van der Waals surface area contributed by atoms with E-state index in [1.54, 1.807) is 12.4 Å². The molecule has 2 rings (SSSR count). The second-order valence-corrected chi connectivity index (χ2v) is 4.99. The highest BCUT2D eigenvalue weighted by Crippen LogP contribution is 2.15. The number of hydrogen-bond acceptors (Lipinski definition) is 3. The summed E-state index contributed by atoms with van der Waals surface area (Å²) in [5.74, 6) is 0. The molecule has 0 saturated carbocycles. The molecule has 0 amide bonds. The molecular weight excluding hydrogens is 300 g/mol. The number of rotatable bonds is 6. The zero-order valence-electron chi connectivity index (χ0n) is 12.3. The van der Waals surface area contributed by atoms with Gasteiger partial charge in [0, 0.05) is 30.0 Å². The van der Waals surface area contributed by atoms with Crippen molar-refractivity contribution < 1.29 is 8.78 Å². The molecule has 21 heavy (non-hydrogen) atoms. The summed E-state index contributed by atoms with van der Waals surface area (Å²) in [4.78, 5) is 0. The fourth-order valence-electron chi connectivity index (χ4n) is 2.05. The molecule has 5 nitrogen and oxygen atoms in total. The summed E-state index contributed by atoms with van der Waals surface area (Å²) in [6.07, 6.45) is 2.56. The van der Waals surface area contributed by atoms with Crippen LogP contribution in [-0.4, -0.2) is 26.0 Å². The Bertz CT molecular complexity index is 565. The van der Waals surface area contributed by atoms with Gasteiger partial charge in [-0.25, -0.2) is 8.78 Å². The standard InChI is InChI=1S/C13H19F2N5.ClH/c1-9(2)20-10(3)11(5-18-20)4-16-12-6-17-19(7-12)8-13(14)15;/h5-7,9,13,16H,4,8H2,1-3H3;1H. The predicted molar refractivity (Wildman–Crippen MR) is 80.2 cm³/mol. The van der Waals surface area contributed by atoms with Crippen molar-refractivity contribution in [2.45, 2.75) is 46.3 Å². The highest BCUT2D eigenvalue weighted by molar-refractivity contribution is 5.85. The minimum atomic E-state index is -2.39. The molecule has 0 bridgehead atoms. The number of nitrogens with zero attached hydrogens (tertiary/aromatic N) is 4. The van der Waals surface area contributed by atoms with Crippen LogP contribution in [0.2, 0.25) is 0 Å². The van der Waals surface area contributed by atoms with E-state index in [2.05, 4.69) is 29.4 Å². The number of anilines is 1. The molecule has 1 N–H and O–H groups in total. The molecule has 8 heteroatoms. The van der Waals surface area contributed by atoms with E-state index in [0.29, 0.717) is 12.6 Å². The first-order valence-electron chi connectivity index (χ1n) is 6.55. The Morgan fingerprint density at radius 1 is 1.24 bits per heavy atom. The second kappa shape index (κ2) is 7.40. The molecule has 0 unspecified atom stereocenters. The fourth-order valence-corrected chi connectivity index (χ4v) is 2.05. The summed E-state index contributed by atoms with van der Waals surface area (Å²) < 4.78 is 27.6. The number of aromatic nitrogens is 4. The van der Waals surface area contributed by atoms with Gasteiger partial charge in [0.05, 0.1) is 18.1 Å². The van der Waals surface area contributed by atoms with E-state index >= 15 is 0 Å². The summed E-state index contributed by atoms with van der Waals surface area (Å²) >= 11 is 0. The highest BCUT2D eigenvalue weighted by Gasteiger charge is 2.09. The van der Waals surface area contributed by atoms with Gasteiger partial charge in [0.15, 0.2) is 0 Å². The van der Waals surface area contributed by atoms with Crippen LogP contribution in [0.5, 0.6) is 0 Å². The maximum atomic E-state index is 12.2. The second-order valence-electron chi connectivity index (χ2n) is 4.99. The van der Waals surface area contributed by atoms with Gasteiger partial charge < -0.3 is 5.32 Å². The summed E-state index contributed by atoms with van der Waals surface area (Å²) in [7, 11) is 0. The topological polar surface area (TPSA) is 47.7 Å². The van der Waals surface area contributed by atoms with E-state index < -0.39 is 6.43 Å². The maximum absolute atomic E-state index is 12.2. The van der Waals surface area contributed by atoms with Gasteiger partial charge in [-0.1, -0.05) is 0 Å². The van der Waals surface area contributed by atoms with E-state index in [0.717, 1.165) is 16.9 Å². The van der Waals surface area contributed by atoms with Crippen LogP contribution in [0.4, 0.5) is 14.5 Å². The van der Waals surface area contributed by atoms with Crippen LogP contribution in [0.25, 0.3) is 0 Å². The highest BCUT2D eigenvalue weighted by atomic mass is 35.5. The molecule has 0 aliphatic carbocycles. The molecule has 0 radical (unpaired) electrons. The first kappa shape index (κ1) is 17.4. The Hall–Kier alpha value is -1.63. The van der Waals surface area contributed by atoms with Crippen molar-refractivity contribution >= 4 is 18.1 Å². The smallest absolute Gasteiger partial charge is 0.257 e. The lowest BCUT2D eigenvalue weighted by Gasteiger charge is -2.09. The third kappa shape index (κ3) is 4.42. The molecule has 2 heterocycles. The normalized spacial score (nSPS) is 11.0. The van der Waals surface area contributed by atoms with Gasteiger partial charge in [-0.2, -0.15) is 10.2 Å². The van der Waals surface area contributed by atoms with Crippen molar-refractivity contribution in [2.24, 2.45) is 0 Å². The van der Waals surface area contributed by atoms with Crippen molar-refractivity contribution in [1.82, 2.24) is 19.6 Å². The first-order valence-corrected chi connectivity index (χ1v) is 6.55. The van der Waals surface area contributed by atoms with Crippen molar-refractivity contribution in [3.63, 3.8) is 0 Å². The quantitative estimate of drug-likeness (QED) is 0.889. The Kier molecular flexibility index (Phi) is 6.14. The van der Waals surface area contributed by atoms with Gasteiger partial charge in [0.25, 0.3) is 6.43 Å². The molecule has 0 aliphatic rings. The maximum Gasteiger partial charge on any atom is 0.257 e. The average molecular weight is 320 g/mol. The largest absolute Gasteiger partial charge is 0.378 e. The lowest BCUT2D eigenvalue weighted by molar-refractivity contribution is 0.122. The summed E-state index contributed by atoms with van der Waals surface area (Å²) in [5.41, 5.74) is 2.91. The van der Waals surface area contributed by atoms with Crippen molar-refractivity contribution in [1.29, 1.82) is 0 Å². The van der Waals surface area contributed by atoms with E-state index in [9.17, 15) is 8.78 Å². The molecule has 118 valence electrons. The first-order chi connectivity index (χ1) is 9.47. The summed E-state index contributed by atoms with van der Waals surface area (Å²) in [6, 6.07) is 0.317. The monoisotopic (exact) mass is 319 g/mol. The predicted octanol–water partition coefficient (Wildman–Crippen LogP) is 3.27. The SMILES string of the molecule is Cc1c(CNc2cnn(CC(F)F)c2)cnn1C(C)C.Cl. The molecule has 0 aromatic carbocycles. The van der Waals surface area contributed by atoms with Crippen LogP contribution in [0.1, 0.15) is 31.1 Å². The minimum Gasteiger partial charge on any atom is -0.378 e. The zero-order valence-corrected chi connectivity index (χ0v) is 13.1. The van der Waals surface area contributed by atoms with Gasteiger partial charge in [-0.3, -0.25) is 9.36 Å². The van der Waals surface area contributed by atoms with Gasteiger partial charge >= 0.3 is 0 Å². The Morgan fingerprint density at radius 2 is 1.95 bits per heavy atom. The van der Waals surface area contributed by atoms with Crippen LogP contribution in [0.15, 0.2) is 18.6 Å². The minimum absolute atomic E-state index is 0. The fraction of sp³-hybridized carbons (Fsp3) is 0.538. The van der Waals surface area contributed by atoms with Gasteiger partial charge in [-0.15, -0.1) is 12.4 Å². The summed E-state index contributed by atoms with van der Waals surface area (Å²) in [5, 5.41) is 11.4. The molecule has 0 fully saturated rings. The van der Waals surface area contributed by atoms with E-state index in [4.69, 9.17) is 0 Å². The van der Waals surface area contributed by atoms with Gasteiger partial charge in [0.1, 0.15) is 6.54 Å². The Labute approximate surface area is 128 Å². The molecule has 0 atom stereocenters. The number of alkyl halides is 2. The molecule has 2 aromatic heterocycles. The molecule has 0 saturated heterocycles. The number of nitrogens with one attached hydrogen (secondary N) is 1. The molecular formula is C13H20ClF2N5. The third-order valence-electron chi connectivity index (χ3n) is 3.08. The molecule has 2 aromatic rings. The van der Waals surface area contributed by atoms with Crippen LogP contribution in [0, 0.1) is 6.92 Å². The van der Waals surface area contributed by atoms with Crippen LogP contribution in [-0.2, 0) is 13.1 Å². The number of halogens is 3. The Balaban J connectivity index is 0.00000220. The number of hydrogen-bond donors (Lipinski definition) is 1. The van der Waals surface area contributed by atoms with Gasteiger partial charge in [0.2, 0.25) is 0 Å². The van der Waals surface area contributed by atoms with E-state index in [1.165, 1.54) is 4.68 Å². The average Bonchev–Trinajstić information content (AvgIpc) is 2.93. The third-order valence-corrected chi connectivity index (χ3v) is 3.08. The summed E-state index contributed by atoms with van der Waals surface area (Å²) in [6.45, 7) is 6.38. The molecule has 0 spiro atoms. The van der Waals surface area contributed by atoms with E-state index in [1.807, 2.05) is 17.8 Å². The lowest BCUT2D eigenvalue weighted by Crippen LogP contribution is -2.07. The van der Waals surface area contributed by atoms with Crippen LogP contribution >= 0.6 is 12.4 Å².